The third kappa shape index (κ3) is 7.19. The van der Waals surface area contributed by atoms with E-state index in [0.29, 0.717) is 12.2 Å². The van der Waals surface area contributed by atoms with Crippen LogP contribution in [0, 0.1) is 0 Å². The van der Waals surface area contributed by atoms with Crippen LogP contribution in [0.3, 0.4) is 0 Å². The summed E-state index contributed by atoms with van der Waals surface area (Å²) in [6.45, 7) is 3.94. The molecule has 1 fully saturated rings. The fourth-order valence-electron chi connectivity index (χ4n) is 2.34. The number of thioether (sulfide) groups is 1. The van der Waals surface area contributed by atoms with Gasteiger partial charge in [-0.05, 0) is 24.3 Å². The second kappa shape index (κ2) is 10.3. The van der Waals surface area contributed by atoms with Crippen LogP contribution < -0.4 is 21.3 Å². The molecule has 0 aromatic heterocycles. The van der Waals surface area contributed by atoms with Crippen molar-refractivity contribution in [1.82, 2.24) is 16.0 Å². The molecule has 0 bridgehead atoms. The van der Waals surface area contributed by atoms with Gasteiger partial charge >= 0.3 is 0 Å². The number of carbonyl (C=O) groups excluding carboxylic acids is 3. The Morgan fingerprint density at radius 2 is 2.04 bits per heavy atom. The highest BCUT2D eigenvalue weighted by Gasteiger charge is 2.27. The molecule has 1 heterocycles. The molecule has 0 saturated carbocycles. The van der Waals surface area contributed by atoms with E-state index >= 15 is 0 Å². The summed E-state index contributed by atoms with van der Waals surface area (Å²) in [7, 11) is 0. The monoisotopic (exact) mass is 440 g/mol. The van der Waals surface area contributed by atoms with Crippen LogP contribution in [0.25, 0.3) is 0 Å². The number of carbonyl (C=O) groups is 3. The first kappa shape index (κ1) is 20.5. The molecule has 1 saturated heterocycles. The van der Waals surface area contributed by atoms with Crippen molar-refractivity contribution in [3.8, 4) is 0 Å². The van der Waals surface area contributed by atoms with Gasteiger partial charge in [-0.15, -0.1) is 18.3 Å². The molecule has 26 heavy (non-hydrogen) atoms. The fraction of sp³-hybridized carbons (Fsp3) is 0.353. The summed E-state index contributed by atoms with van der Waals surface area (Å²) in [5.41, 5.74) is 0.292. The van der Waals surface area contributed by atoms with E-state index in [1.807, 2.05) is 12.1 Å². The standard InChI is InChI=1S/C17H21BrN4O3S/c1-2-7-19-14(23)8-13-9-15(24)22-17(21-13)26-10-16(25)20-12-5-3-11(18)4-6-12/h2-6,13,17,21H,1,7-10H2,(H,19,23)(H,20,25)(H,22,24). The Bertz CT molecular complexity index is 668. The zero-order chi connectivity index (χ0) is 18.9. The van der Waals surface area contributed by atoms with Crippen molar-refractivity contribution in [1.29, 1.82) is 0 Å². The van der Waals surface area contributed by atoms with Gasteiger partial charge < -0.3 is 16.0 Å². The minimum atomic E-state index is -0.413. The summed E-state index contributed by atoms with van der Waals surface area (Å²) < 4.78 is 0.933. The van der Waals surface area contributed by atoms with E-state index in [9.17, 15) is 14.4 Å². The number of hydrogen-bond donors (Lipinski definition) is 4. The van der Waals surface area contributed by atoms with Gasteiger partial charge in [0.2, 0.25) is 17.7 Å². The molecular formula is C17H21BrN4O3S. The van der Waals surface area contributed by atoms with E-state index in [1.54, 1.807) is 18.2 Å². The highest BCUT2D eigenvalue weighted by atomic mass is 79.9. The molecule has 4 N–H and O–H groups in total. The molecule has 1 aromatic rings. The number of anilines is 1. The van der Waals surface area contributed by atoms with Crippen LogP contribution in [0.15, 0.2) is 41.4 Å². The number of benzene rings is 1. The molecule has 2 unspecified atom stereocenters. The minimum absolute atomic E-state index is 0.143. The quantitative estimate of drug-likeness (QED) is 0.459. The Hall–Kier alpha value is -1.84. The van der Waals surface area contributed by atoms with Crippen LogP contribution >= 0.6 is 27.7 Å². The Morgan fingerprint density at radius 1 is 1.31 bits per heavy atom. The molecule has 0 aliphatic carbocycles. The summed E-state index contributed by atoms with van der Waals surface area (Å²) in [4.78, 5) is 35.6. The van der Waals surface area contributed by atoms with Crippen LogP contribution in [0.2, 0.25) is 0 Å². The first-order valence-corrected chi connectivity index (χ1v) is 9.90. The van der Waals surface area contributed by atoms with E-state index in [2.05, 4.69) is 43.8 Å². The van der Waals surface area contributed by atoms with Crippen molar-refractivity contribution in [3.05, 3.63) is 41.4 Å². The molecular weight excluding hydrogens is 420 g/mol. The van der Waals surface area contributed by atoms with Gasteiger partial charge in [-0.3, -0.25) is 19.7 Å². The SMILES string of the molecule is C=CCNC(=O)CC1CC(=O)NC(SCC(=O)Nc2ccc(Br)cc2)N1. The lowest BCUT2D eigenvalue weighted by molar-refractivity contribution is -0.125. The minimum Gasteiger partial charge on any atom is -0.353 e. The van der Waals surface area contributed by atoms with E-state index in [-0.39, 0.29) is 42.4 Å². The molecule has 0 radical (unpaired) electrons. The average Bonchev–Trinajstić information content (AvgIpc) is 2.60. The van der Waals surface area contributed by atoms with Gasteiger partial charge in [0.15, 0.2) is 0 Å². The second-order valence-corrected chi connectivity index (χ2v) is 7.69. The first-order chi connectivity index (χ1) is 12.5. The molecule has 7 nitrogen and oxygen atoms in total. The smallest absolute Gasteiger partial charge is 0.234 e. The van der Waals surface area contributed by atoms with Crippen LogP contribution in [0.5, 0.6) is 0 Å². The van der Waals surface area contributed by atoms with Crippen molar-refractivity contribution >= 4 is 51.1 Å². The van der Waals surface area contributed by atoms with Gasteiger partial charge in [-0.1, -0.05) is 22.0 Å². The van der Waals surface area contributed by atoms with Crippen LogP contribution in [-0.4, -0.2) is 41.6 Å². The zero-order valence-corrected chi connectivity index (χ0v) is 16.5. The lowest BCUT2D eigenvalue weighted by Crippen LogP contribution is -2.56. The fourth-order valence-corrected chi connectivity index (χ4v) is 3.49. The number of nitrogens with one attached hydrogen (secondary N) is 4. The van der Waals surface area contributed by atoms with Gasteiger partial charge in [0.1, 0.15) is 5.50 Å². The summed E-state index contributed by atoms with van der Waals surface area (Å²) >= 11 is 4.61. The van der Waals surface area contributed by atoms with Gasteiger partial charge in [0.05, 0.1) is 5.75 Å². The maximum Gasteiger partial charge on any atom is 0.234 e. The van der Waals surface area contributed by atoms with Gasteiger partial charge in [0.25, 0.3) is 0 Å². The van der Waals surface area contributed by atoms with Crippen LogP contribution in [0.1, 0.15) is 12.8 Å². The maximum atomic E-state index is 12.0. The summed E-state index contributed by atoms with van der Waals surface area (Å²) in [5.74, 6) is -0.284. The van der Waals surface area contributed by atoms with Gasteiger partial charge in [0, 0.05) is 35.6 Å². The van der Waals surface area contributed by atoms with E-state index in [1.165, 1.54) is 11.8 Å². The molecule has 3 amide bonds. The Kier molecular flexibility index (Phi) is 8.14. The molecule has 1 aliphatic rings. The predicted octanol–water partition coefficient (Wildman–Crippen LogP) is 1.57. The highest BCUT2D eigenvalue weighted by molar-refractivity contribution is 9.10. The number of amides is 3. The third-order valence-electron chi connectivity index (χ3n) is 3.50. The number of halogens is 1. The third-order valence-corrected chi connectivity index (χ3v) is 5.04. The Morgan fingerprint density at radius 3 is 2.73 bits per heavy atom. The zero-order valence-electron chi connectivity index (χ0n) is 14.1. The Labute approximate surface area is 164 Å². The van der Waals surface area contributed by atoms with Crippen molar-refractivity contribution < 1.29 is 14.4 Å². The largest absolute Gasteiger partial charge is 0.353 e. The summed E-state index contributed by atoms with van der Waals surface area (Å²) in [6, 6.07) is 7.01. The van der Waals surface area contributed by atoms with Gasteiger partial charge in [-0.25, -0.2) is 0 Å². The summed E-state index contributed by atoms with van der Waals surface area (Å²) in [5, 5.41) is 11.4. The summed E-state index contributed by atoms with van der Waals surface area (Å²) in [6.07, 6.45) is 2.02. The predicted molar refractivity (Wildman–Crippen MR) is 107 cm³/mol. The molecule has 140 valence electrons. The van der Waals surface area contributed by atoms with Crippen LogP contribution in [-0.2, 0) is 14.4 Å². The number of rotatable bonds is 8. The molecule has 9 heteroatoms. The van der Waals surface area contributed by atoms with Crippen molar-refractivity contribution in [2.45, 2.75) is 24.4 Å². The van der Waals surface area contributed by atoms with E-state index in [4.69, 9.17) is 0 Å². The molecule has 1 aliphatic heterocycles. The van der Waals surface area contributed by atoms with Crippen molar-refractivity contribution in [3.63, 3.8) is 0 Å². The molecule has 2 rings (SSSR count). The normalized spacial score (nSPS) is 19.3. The second-order valence-electron chi connectivity index (χ2n) is 5.68. The highest BCUT2D eigenvalue weighted by Crippen LogP contribution is 2.16. The number of hydrogen-bond acceptors (Lipinski definition) is 5. The van der Waals surface area contributed by atoms with Crippen molar-refractivity contribution in [2.75, 3.05) is 17.6 Å². The maximum absolute atomic E-state index is 12.0. The molecule has 1 aromatic carbocycles. The van der Waals surface area contributed by atoms with Crippen LogP contribution in [0.4, 0.5) is 5.69 Å². The Balaban J connectivity index is 1.77. The molecule has 2 atom stereocenters. The lowest BCUT2D eigenvalue weighted by Gasteiger charge is -2.30. The first-order valence-electron chi connectivity index (χ1n) is 8.06. The van der Waals surface area contributed by atoms with Crippen molar-refractivity contribution in [2.24, 2.45) is 0 Å². The van der Waals surface area contributed by atoms with Gasteiger partial charge in [-0.2, -0.15) is 0 Å². The average molecular weight is 441 g/mol. The topological polar surface area (TPSA) is 99.3 Å². The van der Waals surface area contributed by atoms with E-state index < -0.39 is 5.50 Å². The molecule has 0 spiro atoms. The van der Waals surface area contributed by atoms with E-state index in [0.717, 1.165) is 4.47 Å². The lowest BCUT2D eigenvalue weighted by atomic mass is 10.1.